The fraction of sp³-hybridized carbons (Fsp3) is 0.545. The third kappa shape index (κ3) is 4.05. The minimum Gasteiger partial charge on any atom is -0.475 e. The molecule has 0 amide bonds. The Bertz CT molecular complexity index is 576. The summed E-state index contributed by atoms with van der Waals surface area (Å²) >= 11 is 2.91. The van der Waals surface area contributed by atoms with Crippen LogP contribution in [0.25, 0.3) is 0 Å². The van der Waals surface area contributed by atoms with E-state index in [1.807, 2.05) is 20.8 Å². The van der Waals surface area contributed by atoms with Crippen LogP contribution in [0.3, 0.4) is 0 Å². The number of nitrogens with one attached hydrogen (secondary N) is 1. The Labute approximate surface area is 120 Å². The zero-order valence-electron chi connectivity index (χ0n) is 10.9. The standard InChI is InChI=1S/C11H16BrNO5S/c1-4-11(2,3)6-13-19(16,17)8-5-7(10(14)15)18-9(8)12/h5,13H,4,6H2,1-3H3,(H,14,15). The fourth-order valence-electron chi connectivity index (χ4n) is 1.13. The van der Waals surface area contributed by atoms with Crippen LogP contribution in [0.4, 0.5) is 0 Å². The fourth-order valence-corrected chi connectivity index (χ4v) is 3.31. The van der Waals surface area contributed by atoms with Crippen molar-refractivity contribution in [2.75, 3.05) is 6.54 Å². The molecule has 0 aromatic carbocycles. The molecular weight excluding hydrogens is 338 g/mol. The summed E-state index contributed by atoms with van der Waals surface area (Å²) < 4.78 is 31.3. The van der Waals surface area contributed by atoms with Gasteiger partial charge in [-0.05, 0) is 27.8 Å². The van der Waals surface area contributed by atoms with Crippen LogP contribution >= 0.6 is 15.9 Å². The van der Waals surface area contributed by atoms with Gasteiger partial charge in [-0.15, -0.1) is 0 Å². The summed E-state index contributed by atoms with van der Waals surface area (Å²) in [6.07, 6.45) is 0.808. The van der Waals surface area contributed by atoms with E-state index < -0.39 is 21.8 Å². The first-order chi connectivity index (χ1) is 8.59. The van der Waals surface area contributed by atoms with E-state index in [0.717, 1.165) is 12.5 Å². The third-order valence-corrected chi connectivity index (χ3v) is 5.11. The molecular formula is C11H16BrNO5S. The Hall–Kier alpha value is -0.860. The molecule has 0 saturated carbocycles. The molecule has 0 radical (unpaired) electrons. The topological polar surface area (TPSA) is 96.6 Å². The molecule has 6 nitrogen and oxygen atoms in total. The molecule has 0 bridgehead atoms. The minimum atomic E-state index is -3.80. The van der Waals surface area contributed by atoms with Crippen LogP contribution in [-0.4, -0.2) is 26.0 Å². The monoisotopic (exact) mass is 353 g/mol. The number of carboxylic acid groups (broad SMARTS) is 1. The van der Waals surface area contributed by atoms with Crippen LogP contribution in [0.1, 0.15) is 37.7 Å². The number of halogens is 1. The van der Waals surface area contributed by atoms with Crippen molar-refractivity contribution in [1.82, 2.24) is 4.72 Å². The summed E-state index contributed by atoms with van der Waals surface area (Å²) in [7, 11) is -3.80. The number of carbonyl (C=O) groups is 1. The van der Waals surface area contributed by atoms with E-state index in [0.29, 0.717) is 0 Å². The van der Waals surface area contributed by atoms with E-state index >= 15 is 0 Å². The Balaban J connectivity index is 2.98. The molecule has 0 aliphatic rings. The van der Waals surface area contributed by atoms with Gasteiger partial charge >= 0.3 is 5.97 Å². The Morgan fingerprint density at radius 3 is 2.53 bits per heavy atom. The summed E-state index contributed by atoms with van der Waals surface area (Å²) in [6.45, 7) is 6.08. The minimum absolute atomic E-state index is 0.119. The van der Waals surface area contributed by atoms with Crippen molar-refractivity contribution in [2.24, 2.45) is 5.41 Å². The lowest BCUT2D eigenvalue weighted by Gasteiger charge is -2.22. The lowest BCUT2D eigenvalue weighted by molar-refractivity contribution is 0.0661. The van der Waals surface area contributed by atoms with Gasteiger partial charge in [0.15, 0.2) is 4.67 Å². The molecule has 108 valence electrons. The van der Waals surface area contributed by atoms with Gasteiger partial charge < -0.3 is 9.52 Å². The second-order valence-corrected chi connectivity index (χ2v) is 7.35. The summed E-state index contributed by atoms with van der Waals surface area (Å²) in [5.41, 5.74) is -0.182. The van der Waals surface area contributed by atoms with Gasteiger partial charge in [0.1, 0.15) is 4.90 Å². The van der Waals surface area contributed by atoms with Gasteiger partial charge in [-0.25, -0.2) is 17.9 Å². The highest BCUT2D eigenvalue weighted by atomic mass is 79.9. The van der Waals surface area contributed by atoms with E-state index in [-0.39, 0.29) is 21.5 Å². The molecule has 1 heterocycles. The summed E-state index contributed by atoms with van der Waals surface area (Å²) in [6, 6.07) is 0.980. The average molecular weight is 354 g/mol. The Kier molecular flexibility index (Phi) is 4.81. The molecule has 0 spiro atoms. The highest BCUT2D eigenvalue weighted by Crippen LogP contribution is 2.27. The first kappa shape index (κ1) is 16.2. The molecule has 19 heavy (non-hydrogen) atoms. The molecule has 0 atom stereocenters. The molecule has 0 fully saturated rings. The van der Waals surface area contributed by atoms with Gasteiger partial charge in [-0.3, -0.25) is 0 Å². The number of rotatable bonds is 6. The molecule has 0 aliphatic carbocycles. The number of furan rings is 1. The zero-order chi connectivity index (χ0) is 14.8. The van der Waals surface area contributed by atoms with Gasteiger partial charge in [-0.1, -0.05) is 20.8 Å². The van der Waals surface area contributed by atoms with Gasteiger partial charge in [0.05, 0.1) is 0 Å². The van der Waals surface area contributed by atoms with Crippen LogP contribution in [-0.2, 0) is 10.0 Å². The van der Waals surface area contributed by atoms with Crippen LogP contribution in [0.2, 0.25) is 0 Å². The highest BCUT2D eigenvalue weighted by Gasteiger charge is 2.26. The largest absolute Gasteiger partial charge is 0.475 e. The van der Waals surface area contributed by atoms with E-state index in [1.54, 1.807) is 0 Å². The van der Waals surface area contributed by atoms with Gasteiger partial charge in [0.25, 0.3) is 0 Å². The van der Waals surface area contributed by atoms with E-state index in [2.05, 4.69) is 20.7 Å². The molecule has 2 N–H and O–H groups in total. The van der Waals surface area contributed by atoms with Crippen molar-refractivity contribution in [3.8, 4) is 0 Å². The second kappa shape index (κ2) is 5.64. The Morgan fingerprint density at radius 2 is 2.11 bits per heavy atom. The van der Waals surface area contributed by atoms with Crippen LogP contribution in [0.15, 0.2) is 20.0 Å². The summed E-state index contributed by atoms with van der Waals surface area (Å²) in [5, 5.41) is 8.76. The van der Waals surface area contributed by atoms with Crippen molar-refractivity contribution in [3.05, 3.63) is 16.5 Å². The second-order valence-electron chi connectivity index (χ2n) is 4.90. The van der Waals surface area contributed by atoms with E-state index in [9.17, 15) is 13.2 Å². The summed E-state index contributed by atoms with van der Waals surface area (Å²) in [4.78, 5) is 10.5. The summed E-state index contributed by atoms with van der Waals surface area (Å²) in [5.74, 6) is -1.75. The molecule has 1 rings (SSSR count). The number of sulfonamides is 1. The first-order valence-corrected chi connectivity index (χ1v) is 7.89. The Morgan fingerprint density at radius 1 is 1.53 bits per heavy atom. The van der Waals surface area contributed by atoms with Gasteiger partial charge in [0.2, 0.25) is 15.8 Å². The van der Waals surface area contributed by atoms with Crippen molar-refractivity contribution in [2.45, 2.75) is 32.1 Å². The SMILES string of the molecule is CCC(C)(C)CNS(=O)(=O)c1cc(C(=O)O)oc1Br. The number of carboxylic acids is 1. The molecule has 0 aliphatic heterocycles. The van der Waals surface area contributed by atoms with E-state index in [4.69, 9.17) is 9.52 Å². The molecule has 0 saturated heterocycles. The molecule has 1 aromatic rings. The van der Waals surface area contributed by atoms with E-state index in [1.165, 1.54) is 0 Å². The predicted molar refractivity (Wildman–Crippen MR) is 72.6 cm³/mol. The van der Waals surface area contributed by atoms with Gasteiger partial charge in [-0.2, -0.15) is 0 Å². The first-order valence-electron chi connectivity index (χ1n) is 5.61. The zero-order valence-corrected chi connectivity index (χ0v) is 13.3. The number of hydrogen-bond acceptors (Lipinski definition) is 4. The molecule has 0 unspecified atom stereocenters. The number of hydrogen-bond donors (Lipinski definition) is 2. The lowest BCUT2D eigenvalue weighted by atomic mass is 9.91. The molecule has 1 aromatic heterocycles. The van der Waals surface area contributed by atoms with Crippen LogP contribution in [0, 0.1) is 5.41 Å². The quantitative estimate of drug-likeness (QED) is 0.818. The predicted octanol–water partition coefficient (Wildman–Crippen LogP) is 2.45. The van der Waals surface area contributed by atoms with Crippen LogP contribution in [0.5, 0.6) is 0 Å². The normalized spacial score (nSPS) is 12.6. The van der Waals surface area contributed by atoms with Crippen molar-refractivity contribution in [3.63, 3.8) is 0 Å². The van der Waals surface area contributed by atoms with Crippen molar-refractivity contribution < 1.29 is 22.7 Å². The maximum Gasteiger partial charge on any atom is 0.371 e. The van der Waals surface area contributed by atoms with Crippen molar-refractivity contribution >= 4 is 31.9 Å². The third-order valence-electron chi connectivity index (χ3n) is 2.85. The highest BCUT2D eigenvalue weighted by molar-refractivity contribution is 9.10. The lowest BCUT2D eigenvalue weighted by Crippen LogP contribution is -2.33. The molecule has 8 heteroatoms. The van der Waals surface area contributed by atoms with Crippen LogP contribution < -0.4 is 4.72 Å². The number of aromatic carboxylic acids is 1. The maximum absolute atomic E-state index is 12.1. The van der Waals surface area contributed by atoms with Gasteiger partial charge in [0, 0.05) is 12.6 Å². The average Bonchev–Trinajstić information content (AvgIpc) is 2.70. The van der Waals surface area contributed by atoms with Crippen molar-refractivity contribution in [1.29, 1.82) is 0 Å². The smallest absolute Gasteiger partial charge is 0.371 e. The maximum atomic E-state index is 12.1.